The van der Waals surface area contributed by atoms with Crippen molar-refractivity contribution in [3.63, 3.8) is 0 Å². The van der Waals surface area contributed by atoms with Crippen LogP contribution in [0.4, 0.5) is 18.9 Å². The summed E-state index contributed by atoms with van der Waals surface area (Å²) < 4.78 is 39.8. The number of hydrogen-bond donors (Lipinski definition) is 1. The van der Waals surface area contributed by atoms with Gasteiger partial charge in [0.05, 0.1) is 28.4 Å². The van der Waals surface area contributed by atoms with Gasteiger partial charge in [0.1, 0.15) is 0 Å². The molecule has 0 aliphatic carbocycles. The number of halogens is 4. The lowest BCUT2D eigenvalue weighted by Crippen LogP contribution is -2.18. The summed E-state index contributed by atoms with van der Waals surface area (Å²) in [5.74, 6) is -0.540. The van der Waals surface area contributed by atoms with E-state index in [4.69, 9.17) is 11.6 Å². The monoisotopic (exact) mass is 474 g/mol. The molecule has 1 heterocycles. The van der Waals surface area contributed by atoms with Crippen LogP contribution in [0.3, 0.4) is 0 Å². The minimum atomic E-state index is -4.63. The van der Waals surface area contributed by atoms with Crippen molar-refractivity contribution in [1.82, 2.24) is 4.98 Å². The Hall–Kier alpha value is -2.90. The van der Waals surface area contributed by atoms with Crippen LogP contribution in [-0.4, -0.2) is 10.9 Å². The van der Waals surface area contributed by atoms with Gasteiger partial charge < -0.3 is 5.32 Å². The van der Waals surface area contributed by atoms with Gasteiger partial charge in [-0.3, -0.25) is 4.79 Å². The molecule has 0 saturated carbocycles. The molecular weight excluding hydrogens is 457 g/mol. The Labute approximate surface area is 191 Å². The summed E-state index contributed by atoms with van der Waals surface area (Å²) in [6.07, 6.45) is -4.07. The number of carbonyl (C=O) groups excluding carboxylic acids is 1. The summed E-state index contributed by atoms with van der Waals surface area (Å²) >= 11 is 7.09. The van der Waals surface area contributed by atoms with Gasteiger partial charge in [0, 0.05) is 16.3 Å². The fourth-order valence-electron chi connectivity index (χ4n) is 3.54. The number of nitrogens with one attached hydrogen (secondary N) is 1. The first kappa shape index (κ1) is 22.3. The van der Waals surface area contributed by atoms with Gasteiger partial charge >= 0.3 is 6.18 Å². The van der Waals surface area contributed by atoms with Gasteiger partial charge in [-0.25, -0.2) is 4.98 Å². The number of aromatic nitrogens is 1. The van der Waals surface area contributed by atoms with E-state index in [0.717, 1.165) is 38.4 Å². The number of thiazole rings is 1. The maximum atomic E-state index is 13.3. The van der Waals surface area contributed by atoms with E-state index in [2.05, 4.69) is 16.4 Å². The third-order valence-electron chi connectivity index (χ3n) is 5.04. The van der Waals surface area contributed by atoms with Crippen LogP contribution in [0, 0.1) is 6.92 Å². The zero-order valence-electron chi connectivity index (χ0n) is 17.0. The maximum absolute atomic E-state index is 13.3. The molecule has 4 aromatic rings. The van der Waals surface area contributed by atoms with Crippen molar-refractivity contribution in [3.05, 3.63) is 92.4 Å². The van der Waals surface area contributed by atoms with E-state index >= 15 is 0 Å². The third-order valence-corrected chi connectivity index (χ3v) is 6.43. The Kier molecular flexibility index (Phi) is 6.22. The van der Waals surface area contributed by atoms with Crippen LogP contribution in [0.25, 0.3) is 10.8 Å². The number of aryl methyl sites for hydroxylation is 1. The number of alkyl halides is 3. The minimum absolute atomic E-state index is 0.0493. The zero-order chi connectivity index (χ0) is 22.9. The predicted octanol–water partition coefficient (Wildman–Crippen LogP) is 7.05. The molecule has 3 aromatic carbocycles. The second kappa shape index (κ2) is 8.92. The molecule has 0 bridgehead atoms. The molecule has 4 rings (SSSR count). The smallest absolute Gasteiger partial charge is 0.325 e. The fourth-order valence-corrected chi connectivity index (χ4v) is 4.80. The van der Waals surface area contributed by atoms with E-state index in [1.165, 1.54) is 17.4 Å². The lowest BCUT2D eigenvalue weighted by molar-refractivity contribution is -0.137. The number of nitrogens with zero attached hydrogens (tertiary/aromatic N) is 1. The van der Waals surface area contributed by atoms with Crippen LogP contribution in [0.15, 0.2) is 60.7 Å². The van der Waals surface area contributed by atoms with Gasteiger partial charge in [-0.1, -0.05) is 54.1 Å². The van der Waals surface area contributed by atoms with Gasteiger partial charge in [-0.2, -0.15) is 13.2 Å². The summed E-state index contributed by atoms with van der Waals surface area (Å²) in [7, 11) is 0. The molecule has 8 heteroatoms. The van der Waals surface area contributed by atoms with Crippen molar-refractivity contribution in [2.75, 3.05) is 5.32 Å². The molecule has 0 radical (unpaired) electrons. The van der Waals surface area contributed by atoms with Gasteiger partial charge in [0.15, 0.2) is 0 Å². The first-order chi connectivity index (χ1) is 15.2. The number of anilines is 1. The summed E-state index contributed by atoms with van der Waals surface area (Å²) in [4.78, 5) is 17.8. The second-order valence-electron chi connectivity index (χ2n) is 7.34. The molecule has 0 fully saturated rings. The van der Waals surface area contributed by atoms with Crippen molar-refractivity contribution in [3.8, 4) is 0 Å². The van der Waals surface area contributed by atoms with E-state index < -0.39 is 17.6 Å². The summed E-state index contributed by atoms with van der Waals surface area (Å²) in [5.41, 5.74) is 0.539. The molecular formula is C24H18ClF3N2OS. The van der Waals surface area contributed by atoms with E-state index in [1.54, 1.807) is 6.92 Å². The zero-order valence-corrected chi connectivity index (χ0v) is 18.5. The highest BCUT2D eigenvalue weighted by atomic mass is 35.5. The Balaban J connectivity index is 1.51. The number of benzene rings is 3. The van der Waals surface area contributed by atoms with E-state index in [0.29, 0.717) is 12.1 Å². The standard InChI is InChI=1S/C24H18ClF3N2OS/c1-14-21(13-22(31)30-20-10-9-17(25)12-19(20)24(26,27)28)32-23(29-14)11-16-7-4-6-15-5-2-3-8-18(15)16/h2-10,12H,11,13H2,1H3,(H,30,31). The topological polar surface area (TPSA) is 42.0 Å². The molecule has 0 spiro atoms. The van der Waals surface area contributed by atoms with Crippen LogP contribution in [-0.2, 0) is 23.8 Å². The van der Waals surface area contributed by atoms with E-state index in [-0.39, 0.29) is 17.1 Å². The Morgan fingerprint density at radius 1 is 1.09 bits per heavy atom. The van der Waals surface area contributed by atoms with Crippen molar-refractivity contribution < 1.29 is 18.0 Å². The van der Waals surface area contributed by atoms with Crippen molar-refractivity contribution in [2.45, 2.75) is 25.9 Å². The van der Waals surface area contributed by atoms with Gasteiger partial charge in [-0.05, 0) is 41.5 Å². The van der Waals surface area contributed by atoms with E-state index in [9.17, 15) is 18.0 Å². The molecule has 1 amide bonds. The van der Waals surface area contributed by atoms with Crippen molar-refractivity contribution in [1.29, 1.82) is 0 Å². The first-order valence-corrected chi connectivity index (χ1v) is 11.0. The van der Waals surface area contributed by atoms with Crippen LogP contribution < -0.4 is 5.32 Å². The lowest BCUT2D eigenvalue weighted by atomic mass is 10.0. The van der Waals surface area contributed by atoms with Crippen LogP contribution in [0.1, 0.15) is 26.7 Å². The summed E-state index contributed by atoms with van der Waals surface area (Å²) in [5, 5.41) is 5.45. The fraction of sp³-hybridized carbons (Fsp3) is 0.167. The number of fused-ring (bicyclic) bond motifs is 1. The summed E-state index contributed by atoms with van der Waals surface area (Å²) in [6, 6.07) is 17.5. The highest BCUT2D eigenvalue weighted by Crippen LogP contribution is 2.36. The molecule has 1 aromatic heterocycles. The number of carbonyl (C=O) groups is 1. The molecule has 0 atom stereocenters. The average molecular weight is 475 g/mol. The average Bonchev–Trinajstić information content (AvgIpc) is 3.07. The van der Waals surface area contributed by atoms with Crippen LogP contribution in [0.5, 0.6) is 0 Å². The van der Waals surface area contributed by atoms with E-state index in [1.807, 2.05) is 36.4 Å². The molecule has 1 N–H and O–H groups in total. The molecule has 3 nitrogen and oxygen atoms in total. The number of amides is 1. The van der Waals surface area contributed by atoms with Gasteiger partial charge in [0.25, 0.3) is 0 Å². The van der Waals surface area contributed by atoms with Gasteiger partial charge in [0.2, 0.25) is 5.91 Å². The van der Waals surface area contributed by atoms with Gasteiger partial charge in [-0.15, -0.1) is 11.3 Å². The molecule has 0 saturated heterocycles. The maximum Gasteiger partial charge on any atom is 0.418 e. The normalized spacial score (nSPS) is 11.7. The summed E-state index contributed by atoms with van der Waals surface area (Å²) in [6.45, 7) is 1.80. The Morgan fingerprint density at radius 3 is 2.62 bits per heavy atom. The van der Waals surface area contributed by atoms with Crippen LogP contribution >= 0.6 is 22.9 Å². The second-order valence-corrected chi connectivity index (χ2v) is 8.95. The van der Waals surface area contributed by atoms with Crippen LogP contribution in [0.2, 0.25) is 5.02 Å². The van der Waals surface area contributed by atoms with Crippen molar-refractivity contribution in [2.24, 2.45) is 0 Å². The number of hydrogen-bond acceptors (Lipinski definition) is 3. The minimum Gasteiger partial charge on any atom is -0.325 e. The highest BCUT2D eigenvalue weighted by Gasteiger charge is 2.34. The molecule has 32 heavy (non-hydrogen) atoms. The largest absolute Gasteiger partial charge is 0.418 e. The Morgan fingerprint density at radius 2 is 1.84 bits per heavy atom. The predicted molar refractivity (Wildman–Crippen MR) is 122 cm³/mol. The SMILES string of the molecule is Cc1nc(Cc2cccc3ccccc23)sc1CC(=O)Nc1ccc(Cl)cc1C(F)(F)F. The molecule has 0 aliphatic heterocycles. The highest BCUT2D eigenvalue weighted by molar-refractivity contribution is 7.11. The number of rotatable bonds is 5. The van der Waals surface area contributed by atoms with Crippen molar-refractivity contribution >= 4 is 45.3 Å². The first-order valence-electron chi connectivity index (χ1n) is 9.79. The lowest BCUT2D eigenvalue weighted by Gasteiger charge is -2.14. The third kappa shape index (κ3) is 4.95. The molecule has 0 aliphatic rings. The Bertz CT molecular complexity index is 1290. The quantitative estimate of drug-likeness (QED) is 0.337. The molecule has 164 valence electrons. The molecule has 0 unspecified atom stereocenters.